The molecule has 2 aromatic rings. The van der Waals surface area contributed by atoms with Gasteiger partial charge in [0.15, 0.2) is 0 Å². The standard InChI is InChI=1S/C16H17BrFNOS/c1-10-11(6-14(21-10)8-19-12-2-3-12)9-20-13-4-5-16(18)15(17)7-13/h4-7,12,19H,2-3,8-9H2,1H3. The zero-order valence-corrected chi connectivity index (χ0v) is 14.2. The van der Waals surface area contributed by atoms with Gasteiger partial charge in [0, 0.05) is 27.9 Å². The highest BCUT2D eigenvalue weighted by molar-refractivity contribution is 9.10. The molecule has 0 atom stereocenters. The largest absolute Gasteiger partial charge is 0.489 e. The Morgan fingerprint density at radius 3 is 2.90 bits per heavy atom. The van der Waals surface area contributed by atoms with Crippen LogP contribution < -0.4 is 10.1 Å². The number of ether oxygens (including phenoxy) is 1. The van der Waals surface area contributed by atoms with E-state index in [1.54, 1.807) is 12.1 Å². The highest BCUT2D eigenvalue weighted by atomic mass is 79.9. The fourth-order valence-corrected chi connectivity index (χ4v) is 3.43. The maximum Gasteiger partial charge on any atom is 0.137 e. The van der Waals surface area contributed by atoms with E-state index in [9.17, 15) is 4.39 Å². The van der Waals surface area contributed by atoms with Crippen LogP contribution in [-0.4, -0.2) is 6.04 Å². The van der Waals surface area contributed by atoms with E-state index in [-0.39, 0.29) is 5.82 Å². The minimum atomic E-state index is -0.275. The molecular formula is C16H17BrFNOS. The van der Waals surface area contributed by atoms with Gasteiger partial charge in [-0.2, -0.15) is 0 Å². The summed E-state index contributed by atoms with van der Waals surface area (Å²) in [7, 11) is 0. The molecule has 0 amide bonds. The predicted octanol–water partition coefficient (Wildman–Crippen LogP) is 4.79. The Balaban J connectivity index is 1.59. The molecule has 2 nitrogen and oxygen atoms in total. The SMILES string of the molecule is Cc1sc(CNC2CC2)cc1COc1ccc(F)c(Br)c1. The van der Waals surface area contributed by atoms with Crippen molar-refractivity contribution in [1.29, 1.82) is 0 Å². The van der Waals surface area contributed by atoms with Crippen LogP contribution in [0, 0.1) is 12.7 Å². The third-order valence-electron chi connectivity index (χ3n) is 3.50. The number of thiophene rings is 1. The first-order valence-corrected chi connectivity index (χ1v) is 8.62. The van der Waals surface area contributed by atoms with Crippen LogP contribution in [0.25, 0.3) is 0 Å². The molecular weight excluding hydrogens is 353 g/mol. The molecule has 1 N–H and O–H groups in total. The van der Waals surface area contributed by atoms with E-state index in [1.165, 1.54) is 34.2 Å². The van der Waals surface area contributed by atoms with E-state index >= 15 is 0 Å². The van der Waals surface area contributed by atoms with Gasteiger partial charge in [-0.25, -0.2) is 4.39 Å². The summed E-state index contributed by atoms with van der Waals surface area (Å²) in [6.07, 6.45) is 2.61. The van der Waals surface area contributed by atoms with Gasteiger partial charge < -0.3 is 10.1 Å². The number of aryl methyl sites for hydroxylation is 1. The minimum Gasteiger partial charge on any atom is -0.489 e. The Morgan fingerprint density at radius 2 is 2.19 bits per heavy atom. The highest BCUT2D eigenvalue weighted by Gasteiger charge is 2.20. The molecule has 21 heavy (non-hydrogen) atoms. The summed E-state index contributed by atoms with van der Waals surface area (Å²) >= 11 is 4.98. The molecule has 5 heteroatoms. The Kier molecular flexibility index (Phi) is 4.62. The van der Waals surface area contributed by atoms with Crippen LogP contribution >= 0.6 is 27.3 Å². The highest BCUT2D eigenvalue weighted by Crippen LogP contribution is 2.26. The molecule has 112 valence electrons. The second kappa shape index (κ2) is 6.46. The summed E-state index contributed by atoms with van der Waals surface area (Å²) in [4.78, 5) is 2.63. The molecule has 3 rings (SSSR count). The summed E-state index contributed by atoms with van der Waals surface area (Å²) in [5.41, 5.74) is 1.20. The molecule has 1 aromatic heterocycles. The molecule has 1 fully saturated rings. The van der Waals surface area contributed by atoms with Crippen LogP contribution in [0.4, 0.5) is 4.39 Å². The van der Waals surface area contributed by atoms with Crippen molar-refractivity contribution < 1.29 is 9.13 Å². The predicted molar refractivity (Wildman–Crippen MR) is 87.3 cm³/mol. The van der Waals surface area contributed by atoms with Crippen molar-refractivity contribution in [2.45, 2.75) is 39.0 Å². The van der Waals surface area contributed by atoms with E-state index < -0.39 is 0 Å². The van der Waals surface area contributed by atoms with Crippen LogP contribution in [0.1, 0.15) is 28.2 Å². The lowest BCUT2D eigenvalue weighted by Gasteiger charge is -2.06. The molecule has 1 saturated carbocycles. The number of nitrogens with one attached hydrogen (secondary N) is 1. The fourth-order valence-electron chi connectivity index (χ4n) is 2.08. The monoisotopic (exact) mass is 369 g/mol. The fraction of sp³-hybridized carbons (Fsp3) is 0.375. The second-order valence-corrected chi connectivity index (χ2v) is 7.51. The maximum atomic E-state index is 13.2. The second-order valence-electron chi connectivity index (χ2n) is 5.31. The van der Waals surface area contributed by atoms with Crippen LogP contribution in [0.3, 0.4) is 0 Å². The zero-order chi connectivity index (χ0) is 14.8. The van der Waals surface area contributed by atoms with Gasteiger partial charge in [0.2, 0.25) is 0 Å². The van der Waals surface area contributed by atoms with Gasteiger partial charge in [0.25, 0.3) is 0 Å². The molecule has 1 aromatic carbocycles. The lowest BCUT2D eigenvalue weighted by Crippen LogP contribution is -2.14. The van der Waals surface area contributed by atoms with Gasteiger partial charge in [-0.05, 0) is 60.0 Å². The number of rotatable bonds is 6. The summed E-state index contributed by atoms with van der Waals surface area (Å²) in [5, 5.41) is 3.52. The first-order chi connectivity index (χ1) is 10.1. The lowest BCUT2D eigenvalue weighted by molar-refractivity contribution is 0.305. The zero-order valence-electron chi connectivity index (χ0n) is 11.8. The van der Waals surface area contributed by atoms with Gasteiger partial charge >= 0.3 is 0 Å². The number of hydrogen-bond acceptors (Lipinski definition) is 3. The van der Waals surface area contributed by atoms with Crippen molar-refractivity contribution in [2.24, 2.45) is 0 Å². The van der Waals surface area contributed by atoms with Crippen LogP contribution in [-0.2, 0) is 13.2 Å². The van der Waals surface area contributed by atoms with Crippen molar-refractivity contribution in [3.05, 3.63) is 49.9 Å². The summed E-state index contributed by atoms with van der Waals surface area (Å²) in [6, 6.07) is 7.65. The van der Waals surface area contributed by atoms with E-state index in [2.05, 4.69) is 34.2 Å². The Morgan fingerprint density at radius 1 is 1.38 bits per heavy atom. The van der Waals surface area contributed by atoms with Gasteiger partial charge in [-0.1, -0.05) is 0 Å². The topological polar surface area (TPSA) is 21.3 Å². The van der Waals surface area contributed by atoms with Crippen molar-refractivity contribution in [2.75, 3.05) is 0 Å². The van der Waals surface area contributed by atoms with Crippen molar-refractivity contribution >= 4 is 27.3 Å². The summed E-state index contributed by atoms with van der Waals surface area (Å²) < 4.78 is 19.4. The molecule has 0 radical (unpaired) electrons. The Labute approximate surface area is 136 Å². The third kappa shape index (κ3) is 4.05. The van der Waals surface area contributed by atoms with Crippen LogP contribution in [0.5, 0.6) is 5.75 Å². The average molecular weight is 370 g/mol. The van der Waals surface area contributed by atoms with Gasteiger partial charge in [0.05, 0.1) is 4.47 Å². The molecule has 0 bridgehead atoms. The molecule has 0 saturated heterocycles. The molecule has 1 aliphatic rings. The van der Waals surface area contributed by atoms with E-state index in [0.29, 0.717) is 16.8 Å². The first-order valence-electron chi connectivity index (χ1n) is 7.01. The van der Waals surface area contributed by atoms with Crippen LogP contribution in [0.2, 0.25) is 0 Å². The van der Waals surface area contributed by atoms with Crippen LogP contribution in [0.15, 0.2) is 28.7 Å². The minimum absolute atomic E-state index is 0.275. The van der Waals surface area contributed by atoms with Crippen molar-refractivity contribution in [3.63, 3.8) is 0 Å². The van der Waals surface area contributed by atoms with Crippen molar-refractivity contribution in [3.8, 4) is 5.75 Å². The normalized spacial score (nSPS) is 14.4. The first kappa shape index (κ1) is 15.0. The number of hydrogen-bond donors (Lipinski definition) is 1. The van der Waals surface area contributed by atoms with Gasteiger partial charge in [-0.15, -0.1) is 11.3 Å². The Hall–Kier alpha value is -0.910. The maximum absolute atomic E-state index is 13.2. The molecule has 0 aliphatic heterocycles. The molecule has 1 heterocycles. The summed E-state index contributed by atoms with van der Waals surface area (Å²) in [6.45, 7) is 3.58. The van der Waals surface area contributed by atoms with Crippen molar-refractivity contribution in [1.82, 2.24) is 5.32 Å². The molecule has 0 spiro atoms. The Bertz CT molecular complexity index is 639. The third-order valence-corrected chi connectivity index (χ3v) is 5.20. The number of benzene rings is 1. The summed E-state index contributed by atoms with van der Waals surface area (Å²) in [5.74, 6) is 0.397. The average Bonchev–Trinajstić information content (AvgIpc) is 3.22. The lowest BCUT2D eigenvalue weighted by atomic mass is 10.2. The number of halogens is 2. The smallest absolute Gasteiger partial charge is 0.137 e. The molecule has 0 unspecified atom stereocenters. The quantitative estimate of drug-likeness (QED) is 0.790. The van der Waals surface area contributed by atoms with E-state index in [0.717, 1.165) is 12.6 Å². The van der Waals surface area contributed by atoms with E-state index in [1.807, 2.05) is 11.3 Å². The molecule has 1 aliphatic carbocycles. The van der Waals surface area contributed by atoms with E-state index in [4.69, 9.17) is 4.74 Å². The van der Waals surface area contributed by atoms with Gasteiger partial charge in [0.1, 0.15) is 18.2 Å². The van der Waals surface area contributed by atoms with Gasteiger partial charge in [-0.3, -0.25) is 0 Å².